The Morgan fingerprint density at radius 1 is 1.50 bits per heavy atom. The Bertz CT molecular complexity index is 393. The smallest absolute Gasteiger partial charge is 0.338 e. The fraction of sp³-hybridized carbons (Fsp3) is 0.125. The maximum absolute atomic E-state index is 13.0. The van der Waals surface area contributed by atoms with Crippen molar-refractivity contribution in [1.82, 2.24) is 0 Å². The summed E-state index contributed by atoms with van der Waals surface area (Å²) in [6.07, 6.45) is 0. The number of benzene rings is 1. The van der Waals surface area contributed by atoms with Gasteiger partial charge in [-0.3, -0.25) is 0 Å². The van der Waals surface area contributed by atoms with Gasteiger partial charge >= 0.3 is 5.97 Å². The Labute approximate surface area is 82.9 Å². The highest BCUT2D eigenvalue weighted by Crippen LogP contribution is 2.31. The van der Waals surface area contributed by atoms with E-state index in [9.17, 15) is 13.6 Å². The van der Waals surface area contributed by atoms with Crippen LogP contribution in [0.15, 0.2) is 6.07 Å². The van der Waals surface area contributed by atoms with Crippen LogP contribution < -0.4 is 4.74 Å². The van der Waals surface area contributed by atoms with Gasteiger partial charge in [0.05, 0.1) is 17.7 Å². The molecule has 3 nitrogen and oxygen atoms in total. The largest absolute Gasteiger partial charge is 0.492 e. The van der Waals surface area contributed by atoms with E-state index in [0.29, 0.717) is 0 Å². The molecule has 0 aliphatic heterocycles. The van der Waals surface area contributed by atoms with Crippen LogP contribution >= 0.6 is 11.6 Å². The molecule has 1 aromatic carbocycles. The monoisotopic (exact) mass is 222 g/mol. The molecule has 0 radical (unpaired) electrons. The summed E-state index contributed by atoms with van der Waals surface area (Å²) < 4.78 is 30.5. The minimum atomic E-state index is -1.59. The van der Waals surface area contributed by atoms with Crippen LogP contribution in [-0.2, 0) is 0 Å². The van der Waals surface area contributed by atoms with Crippen LogP contribution in [0.3, 0.4) is 0 Å². The minimum Gasteiger partial charge on any atom is -0.492 e. The normalized spacial score (nSPS) is 10.0. The summed E-state index contributed by atoms with van der Waals surface area (Å²) in [7, 11) is 1.10. The molecule has 0 saturated carbocycles. The Morgan fingerprint density at radius 2 is 2.07 bits per heavy atom. The summed E-state index contributed by atoms with van der Waals surface area (Å²) >= 11 is 5.46. The van der Waals surface area contributed by atoms with Crippen molar-refractivity contribution < 1.29 is 23.4 Å². The third-order valence-corrected chi connectivity index (χ3v) is 1.83. The zero-order valence-corrected chi connectivity index (χ0v) is 7.73. The van der Waals surface area contributed by atoms with Gasteiger partial charge in [0.25, 0.3) is 0 Å². The van der Waals surface area contributed by atoms with Gasteiger partial charge in [0, 0.05) is 0 Å². The number of methoxy groups -OCH3 is 1. The van der Waals surface area contributed by atoms with Crippen LogP contribution in [-0.4, -0.2) is 18.2 Å². The van der Waals surface area contributed by atoms with Crippen LogP contribution in [0.25, 0.3) is 0 Å². The molecular formula is C8H5ClF2O3. The molecule has 0 aliphatic rings. The van der Waals surface area contributed by atoms with Crippen LogP contribution in [0.2, 0.25) is 5.02 Å². The molecule has 0 heterocycles. The predicted molar refractivity (Wildman–Crippen MR) is 44.9 cm³/mol. The number of hydrogen-bond donors (Lipinski definition) is 1. The lowest BCUT2D eigenvalue weighted by Gasteiger charge is -2.06. The zero-order valence-electron chi connectivity index (χ0n) is 6.97. The van der Waals surface area contributed by atoms with Crippen LogP contribution in [0.4, 0.5) is 8.78 Å². The maximum atomic E-state index is 13.0. The SMILES string of the molecule is COc1c(Cl)cc(C(=O)O)c(F)c1F. The molecule has 0 aliphatic carbocycles. The van der Waals surface area contributed by atoms with Crippen molar-refractivity contribution in [3.05, 3.63) is 28.3 Å². The fourth-order valence-corrected chi connectivity index (χ4v) is 1.19. The number of hydrogen-bond acceptors (Lipinski definition) is 2. The molecule has 0 atom stereocenters. The van der Waals surface area contributed by atoms with Crippen molar-refractivity contribution in [1.29, 1.82) is 0 Å². The molecule has 0 aromatic heterocycles. The van der Waals surface area contributed by atoms with Gasteiger partial charge in [-0.1, -0.05) is 11.6 Å². The van der Waals surface area contributed by atoms with Crippen molar-refractivity contribution in [2.75, 3.05) is 7.11 Å². The van der Waals surface area contributed by atoms with Crippen molar-refractivity contribution >= 4 is 17.6 Å². The highest BCUT2D eigenvalue weighted by Gasteiger charge is 2.21. The summed E-state index contributed by atoms with van der Waals surface area (Å²) in [5, 5.41) is 8.18. The van der Waals surface area contributed by atoms with Gasteiger partial charge in [-0.15, -0.1) is 0 Å². The number of carbonyl (C=O) groups is 1. The summed E-state index contributed by atoms with van der Waals surface area (Å²) in [6, 6.07) is 0.793. The average Bonchev–Trinajstić information content (AvgIpc) is 2.12. The van der Waals surface area contributed by atoms with Crippen molar-refractivity contribution in [3.8, 4) is 5.75 Å². The van der Waals surface area contributed by atoms with Gasteiger partial charge in [-0.25, -0.2) is 9.18 Å². The molecule has 0 saturated heterocycles. The van der Waals surface area contributed by atoms with Crippen LogP contribution in [0, 0.1) is 11.6 Å². The van der Waals surface area contributed by atoms with E-state index in [4.69, 9.17) is 16.7 Å². The number of carboxylic acid groups (broad SMARTS) is 1. The van der Waals surface area contributed by atoms with Gasteiger partial charge in [0.2, 0.25) is 5.82 Å². The summed E-state index contributed by atoms with van der Waals surface area (Å²) in [5.41, 5.74) is -0.826. The van der Waals surface area contributed by atoms with E-state index < -0.39 is 28.9 Å². The van der Waals surface area contributed by atoms with Crippen LogP contribution in [0.5, 0.6) is 5.75 Å². The Morgan fingerprint density at radius 3 is 2.50 bits per heavy atom. The van der Waals surface area contributed by atoms with E-state index in [2.05, 4.69) is 4.74 Å². The minimum absolute atomic E-state index is 0.288. The van der Waals surface area contributed by atoms with Gasteiger partial charge < -0.3 is 9.84 Å². The van der Waals surface area contributed by atoms with Crippen molar-refractivity contribution in [3.63, 3.8) is 0 Å². The molecule has 0 spiro atoms. The number of carboxylic acids is 1. The first-order valence-electron chi connectivity index (χ1n) is 3.43. The Balaban J connectivity index is 3.47. The Hall–Kier alpha value is -1.36. The topological polar surface area (TPSA) is 46.5 Å². The zero-order chi connectivity index (χ0) is 10.9. The van der Waals surface area contributed by atoms with E-state index in [-0.39, 0.29) is 5.02 Å². The lowest BCUT2D eigenvalue weighted by molar-refractivity contribution is 0.0690. The van der Waals surface area contributed by atoms with E-state index >= 15 is 0 Å². The lowest BCUT2D eigenvalue weighted by atomic mass is 10.2. The molecule has 6 heteroatoms. The molecule has 0 unspecified atom stereocenters. The lowest BCUT2D eigenvalue weighted by Crippen LogP contribution is -2.04. The second kappa shape index (κ2) is 3.79. The van der Waals surface area contributed by atoms with Gasteiger partial charge in [0.15, 0.2) is 11.6 Å². The molecule has 1 aromatic rings. The first-order valence-corrected chi connectivity index (χ1v) is 3.81. The van der Waals surface area contributed by atoms with E-state index in [0.717, 1.165) is 13.2 Å². The molecular weight excluding hydrogens is 218 g/mol. The van der Waals surface area contributed by atoms with E-state index in [1.807, 2.05) is 0 Å². The first-order chi connectivity index (χ1) is 6.49. The third-order valence-electron chi connectivity index (χ3n) is 1.55. The highest BCUT2D eigenvalue weighted by molar-refractivity contribution is 6.32. The maximum Gasteiger partial charge on any atom is 0.338 e. The van der Waals surface area contributed by atoms with E-state index in [1.165, 1.54) is 0 Å². The third kappa shape index (κ3) is 1.63. The van der Waals surface area contributed by atoms with Crippen molar-refractivity contribution in [2.45, 2.75) is 0 Å². The second-order valence-corrected chi connectivity index (χ2v) is 2.78. The van der Waals surface area contributed by atoms with Crippen LogP contribution in [0.1, 0.15) is 10.4 Å². The summed E-state index contributed by atoms with van der Waals surface area (Å²) in [4.78, 5) is 10.4. The predicted octanol–water partition coefficient (Wildman–Crippen LogP) is 2.32. The summed E-state index contributed by atoms with van der Waals surface area (Å²) in [5.74, 6) is -4.99. The highest BCUT2D eigenvalue weighted by atomic mass is 35.5. The molecule has 0 bridgehead atoms. The Kier molecular flexibility index (Phi) is 2.90. The molecule has 1 N–H and O–H groups in total. The molecule has 0 amide bonds. The molecule has 0 fully saturated rings. The average molecular weight is 223 g/mol. The summed E-state index contributed by atoms with van der Waals surface area (Å²) in [6.45, 7) is 0. The first kappa shape index (κ1) is 10.7. The number of rotatable bonds is 2. The van der Waals surface area contributed by atoms with Gasteiger partial charge in [-0.05, 0) is 6.07 Å². The standard InChI is InChI=1S/C8H5ClF2O3/c1-14-7-4(9)2-3(8(12)13)5(10)6(7)11/h2H,1H3,(H,12,13). The van der Waals surface area contributed by atoms with E-state index in [1.54, 1.807) is 0 Å². The van der Waals surface area contributed by atoms with Gasteiger partial charge in [-0.2, -0.15) is 4.39 Å². The number of halogens is 3. The van der Waals surface area contributed by atoms with Crippen molar-refractivity contribution in [2.24, 2.45) is 0 Å². The second-order valence-electron chi connectivity index (χ2n) is 2.37. The molecule has 14 heavy (non-hydrogen) atoms. The molecule has 76 valence electrons. The fourth-order valence-electron chi connectivity index (χ4n) is 0.921. The van der Waals surface area contributed by atoms with Gasteiger partial charge in [0.1, 0.15) is 0 Å². The molecule has 1 rings (SSSR count). The number of aromatic carboxylic acids is 1. The quantitative estimate of drug-likeness (QED) is 0.782. The number of ether oxygens (including phenoxy) is 1.